The normalized spacial score (nSPS) is 11.8. The first-order valence-corrected chi connectivity index (χ1v) is 8.69. The van der Waals surface area contributed by atoms with Gasteiger partial charge in [-0.05, 0) is 24.4 Å². The molecule has 0 fully saturated rings. The van der Waals surface area contributed by atoms with Crippen LogP contribution in [0.4, 0.5) is 5.69 Å². The number of sulfonamides is 1. The Bertz CT molecular complexity index is 1060. The Morgan fingerprint density at radius 2 is 1.91 bits per heavy atom. The molecule has 0 bridgehead atoms. The molecule has 1 aromatic carbocycles. The molecule has 8 nitrogen and oxygen atoms in total. The van der Waals surface area contributed by atoms with Crippen LogP contribution in [0.5, 0.6) is 0 Å². The zero-order chi connectivity index (χ0) is 16.8. The van der Waals surface area contributed by atoms with E-state index < -0.39 is 15.2 Å². The van der Waals surface area contributed by atoms with E-state index in [1.165, 1.54) is 23.0 Å². The third-order valence-electron chi connectivity index (χ3n) is 2.84. The Kier molecular flexibility index (Phi) is 4.00. The van der Waals surface area contributed by atoms with Gasteiger partial charge in [0.05, 0.1) is 15.7 Å². The van der Waals surface area contributed by atoms with Crippen molar-refractivity contribution in [3.8, 4) is 0 Å². The van der Waals surface area contributed by atoms with Gasteiger partial charge in [-0.25, -0.2) is 4.98 Å². The third-order valence-corrected chi connectivity index (χ3v) is 5.06. The molecule has 120 valence electrons. The molecule has 0 unspecified atom stereocenters. The van der Waals surface area contributed by atoms with Crippen molar-refractivity contribution in [1.29, 1.82) is 0 Å². The van der Waals surface area contributed by atoms with Crippen LogP contribution < -0.4 is 4.72 Å². The summed E-state index contributed by atoms with van der Waals surface area (Å²) in [5.74, 6) is 0.0683. The summed E-state index contributed by atoms with van der Waals surface area (Å²) in [6.07, 6.45) is 1.42. The lowest BCUT2D eigenvalue weighted by Crippen LogP contribution is -2.15. The molecule has 0 spiro atoms. The maximum atomic E-state index is 12.4. The summed E-state index contributed by atoms with van der Waals surface area (Å²) in [7, 11) is -2.45. The number of fused-ring (bicyclic) bond motifs is 1. The predicted molar refractivity (Wildman–Crippen MR) is 87.9 cm³/mol. The molecule has 0 radical (unpaired) electrons. The van der Waals surface area contributed by atoms with Crippen LogP contribution in [0.15, 0.2) is 29.7 Å². The van der Waals surface area contributed by atoms with Crippen LogP contribution in [-0.2, 0) is 17.1 Å². The van der Waals surface area contributed by atoms with Crippen LogP contribution in [0.2, 0.25) is 10.0 Å². The quantitative estimate of drug-likeness (QED) is 0.689. The molecule has 2 heterocycles. The molecule has 2 aromatic heterocycles. The number of nitrogens with one attached hydrogen (secondary N) is 1. The highest BCUT2D eigenvalue weighted by Gasteiger charge is 2.23. The van der Waals surface area contributed by atoms with Gasteiger partial charge >= 0.3 is 0 Å². The maximum Gasteiger partial charge on any atom is 0.299 e. The van der Waals surface area contributed by atoms with Gasteiger partial charge < -0.3 is 4.57 Å². The van der Waals surface area contributed by atoms with Crippen molar-refractivity contribution in [2.24, 2.45) is 7.05 Å². The fourth-order valence-electron chi connectivity index (χ4n) is 1.72. The van der Waals surface area contributed by atoms with Gasteiger partial charge in [0.15, 0.2) is 0 Å². The number of aromatic nitrogens is 5. The summed E-state index contributed by atoms with van der Waals surface area (Å²) < 4.78 is 30.0. The van der Waals surface area contributed by atoms with Gasteiger partial charge in [0.1, 0.15) is 6.33 Å². The van der Waals surface area contributed by atoms with Gasteiger partial charge in [0.25, 0.3) is 21.0 Å². The average molecular weight is 391 g/mol. The number of anilines is 1. The van der Waals surface area contributed by atoms with Crippen LogP contribution in [0.1, 0.15) is 0 Å². The molecule has 12 heteroatoms. The summed E-state index contributed by atoms with van der Waals surface area (Å²) in [6.45, 7) is 0. The van der Waals surface area contributed by atoms with Gasteiger partial charge in [-0.3, -0.25) is 4.72 Å². The SMILES string of the molecule is Cn1cnc2nc(S(=O)(=O)Nc3c(Cl)cccc3Cl)nn2c1=S. The van der Waals surface area contributed by atoms with Crippen molar-refractivity contribution in [2.45, 2.75) is 5.16 Å². The van der Waals surface area contributed by atoms with Gasteiger partial charge in [-0.1, -0.05) is 29.3 Å². The number of para-hydroxylation sites is 1. The minimum atomic E-state index is -4.11. The number of benzene rings is 1. The van der Waals surface area contributed by atoms with E-state index in [1.807, 2.05) is 0 Å². The summed E-state index contributed by atoms with van der Waals surface area (Å²) >= 11 is 17.0. The summed E-state index contributed by atoms with van der Waals surface area (Å²) in [5, 5.41) is 3.70. The molecule has 0 aliphatic rings. The van der Waals surface area contributed by atoms with Crippen molar-refractivity contribution < 1.29 is 8.42 Å². The zero-order valence-corrected chi connectivity index (χ0v) is 14.6. The molecule has 23 heavy (non-hydrogen) atoms. The van der Waals surface area contributed by atoms with Crippen LogP contribution in [0, 0.1) is 4.77 Å². The molecule has 0 saturated heterocycles. The van der Waals surface area contributed by atoms with E-state index in [2.05, 4.69) is 19.8 Å². The Balaban J connectivity index is 2.10. The molecule has 0 amide bonds. The van der Waals surface area contributed by atoms with E-state index in [1.54, 1.807) is 13.1 Å². The van der Waals surface area contributed by atoms with Crippen LogP contribution >= 0.6 is 35.4 Å². The smallest absolute Gasteiger partial charge is 0.299 e. The van der Waals surface area contributed by atoms with Crippen LogP contribution in [0.3, 0.4) is 0 Å². The Hall–Kier alpha value is -1.75. The van der Waals surface area contributed by atoms with Crippen LogP contribution in [0.25, 0.3) is 5.78 Å². The molecule has 3 rings (SSSR count). The highest BCUT2D eigenvalue weighted by atomic mass is 35.5. The molecule has 0 aliphatic heterocycles. The monoisotopic (exact) mass is 390 g/mol. The summed E-state index contributed by atoms with van der Waals surface area (Å²) in [6, 6.07) is 4.61. The molecule has 0 saturated carbocycles. The number of halogens is 2. The Morgan fingerprint density at radius 3 is 2.57 bits per heavy atom. The number of nitrogens with zero attached hydrogens (tertiary/aromatic N) is 5. The largest absolute Gasteiger partial charge is 0.311 e. The van der Waals surface area contributed by atoms with Crippen molar-refractivity contribution in [3.63, 3.8) is 0 Å². The maximum absolute atomic E-state index is 12.4. The highest BCUT2D eigenvalue weighted by Crippen LogP contribution is 2.31. The third kappa shape index (κ3) is 2.90. The first-order chi connectivity index (χ1) is 10.8. The second kappa shape index (κ2) is 5.71. The van der Waals surface area contributed by atoms with E-state index in [4.69, 9.17) is 35.4 Å². The van der Waals surface area contributed by atoms with Crippen molar-refractivity contribution in [2.75, 3.05) is 4.72 Å². The number of rotatable bonds is 3. The Labute approximate surface area is 145 Å². The van der Waals surface area contributed by atoms with Crippen molar-refractivity contribution in [1.82, 2.24) is 24.1 Å². The lowest BCUT2D eigenvalue weighted by Gasteiger charge is -2.08. The van der Waals surface area contributed by atoms with Crippen LogP contribution in [-0.4, -0.2) is 32.6 Å². The topological polar surface area (TPSA) is 94.2 Å². The standard InChI is InChI=1S/C11H8Cl2N6O2S2/c1-18-5-14-9-15-10(16-19(9)11(18)22)23(20,21)17-8-6(12)3-2-4-7(8)13/h2-5,17H,1H3. The molecular formula is C11H8Cl2N6O2S2. The molecule has 3 aromatic rings. The summed E-state index contributed by atoms with van der Waals surface area (Å²) in [4.78, 5) is 7.83. The van der Waals surface area contributed by atoms with E-state index in [9.17, 15) is 8.42 Å². The lowest BCUT2D eigenvalue weighted by molar-refractivity contribution is 0.591. The highest BCUT2D eigenvalue weighted by molar-refractivity contribution is 7.92. The number of hydrogen-bond donors (Lipinski definition) is 1. The fourth-order valence-corrected chi connectivity index (χ4v) is 3.47. The zero-order valence-electron chi connectivity index (χ0n) is 11.4. The Morgan fingerprint density at radius 1 is 1.26 bits per heavy atom. The fraction of sp³-hybridized carbons (Fsp3) is 0.0909. The van der Waals surface area contributed by atoms with E-state index in [0.29, 0.717) is 0 Å². The molecular weight excluding hydrogens is 383 g/mol. The van der Waals surface area contributed by atoms with Gasteiger partial charge in [0, 0.05) is 7.05 Å². The summed E-state index contributed by atoms with van der Waals surface area (Å²) in [5.41, 5.74) is 0.0480. The first-order valence-electron chi connectivity index (χ1n) is 6.05. The van der Waals surface area contributed by atoms with E-state index in [0.717, 1.165) is 4.52 Å². The van der Waals surface area contributed by atoms with Crippen molar-refractivity contribution in [3.05, 3.63) is 39.3 Å². The van der Waals surface area contributed by atoms with Crippen molar-refractivity contribution >= 4 is 56.9 Å². The first kappa shape index (κ1) is 16.1. The van der Waals surface area contributed by atoms with E-state index >= 15 is 0 Å². The lowest BCUT2D eigenvalue weighted by atomic mass is 10.3. The van der Waals surface area contributed by atoms with Gasteiger partial charge in [-0.2, -0.15) is 17.9 Å². The van der Waals surface area contributed by atoms with E-state index in [-0.39, 0.29) is 26.3 Å². The molecule has 0 aliphatic carbocycles. The minimum Gasteiger partial charge on any atom is -0.311 e. The molecule has 1 N–H and O–H groups in total. The predicted octanol–water partition coefficient (Wildman–Crippen LogP) is 2.30. The number of aryl methyl sites for hydroxylation is 1. The number of hydrogen-bond acceptors (Lipinski definition) is 6. The second-order valence-electron chi connectivity index (χ2n) is 4.45. The average Bonchev–Trinajstić information content (AvgIpc) is 2.93. The minimum absolute atomic E-state index is 0.0480. The van der Waals surface area contributed by atoms with Gasteiger partial charge in [-0.15, -0.1) is 5.10 Å². The second-order valence-corrected chi connectivity index (χ2v) is 7.20. The van der Waals surface area contributed by atoms with Gasteiger partial charge in [0.2, 0.25) is 4.77 Å². The molecule has 0 atom stereocenters.